The Morgan fingerprint density at radius 1 is 0.649 bits per heavy atom. The molecule has 6 heteroatoms. The van der Waals surface area contributed by atoms with Gasteiger partial charge in [0.25, 0.3) is 0 Å². The molecule has 0 N–H and O–H groups in total. The van der Waals surface area contributed by atoms with Crippen molar-refractivity contribution in [2.24, 2.45) is 20.7 Å². The van der Waals surface area contributed by atoms with Crippen molar-refractivity contribution >= 4 is 61.8 Å². The first kappa shape index (κ1) is 21.2. The Hall–Kier alpha value is -5.10. The first-order chi connectivity index (χ1) is 18.2. The summed E-state index contributed by atoms with van der Waals surface area (Å²) < 4.78 is 0. The topological polar surface area (TPSA) is 55.9 Å². The highest BCUT2D eigenvalue weighted by Gasteiger charge is 2.23. The van der Waals surface area contributed by atoms with Crippen molar-refractivity contribution in [2.75, 3.05) is 10.0 Å². The molecule has 2 aliphatic heterocycles. The normalized spacial score (nSPS) is 14.5. The van der Waals surface area contributed by atoms with Gasteiger partial charge in [0.05, 0.1) is 34.1 Å². The largest absolute Gasteiger partial charge is 0.218 e. The van der Waals surface area contributed by atoms with Crippen LogP contribution in [0.2, 0.25) is 0 Å². The Morgan fingerprint density at radius 3 is 2.03 bits per heavy atom. The molecule has 37 heavy (non-hydrogen) atoms. The van der Waals surface area contributed by atoms with Gasteiger partial charge in [0, 0.05) is 21.4 Å². The summed E-state index contributed by atoms with van der Waals surface area (Å²) >= 11 is 0. The lowest BCUT2D eigenvalue weighted by Crippen LogP contribution is -2.33. The highest BCUT2D eigenvalue weighted by molar-refractivity contribution is 6.08. The summed E-state index contributed by atoms with van der Waals surface area (Å²) in [5.41, 5.74) is 5.67. The average molecular weight is 479 g/mol. The number of rotatable bonds is 3. The van der Waals surface area contributed by atoms with Crippen molar-refractivity contribution in [1.29, 1.82) is 0 Å². The predicted octanol–water partition coefficient (Wildman–Crippen LogP) is 7.76. The van der Waals surface area contributed by atoms with Gasteiger partial charge >= 0.3 is 0 Å². The van der Waals surface area contributed by atoms with Gasteiger partial charge in [0.2, 0.25) is 0 Å². The molecule has 6 nitrogen and oxygen atoms in total. The standard InChI is InChI=1S/C31H22N6/c1-3-9-21-10-4-15-25-30(21)20(2)36(34-32-25)27-17-7-14-24-23(27)13-8-18-28(24)37-29-19-6-12-22-11-5-16-26(31(22)29)33-35-37/h3-19H,1H2,2H3/b21-9-. The Kier molecular flexibility index (Phi) is 4.72. The molecule has 0 fully saturated rings. The van der Waals surface area contributed by atoms with E-state index in [1.54, 1.807) is 6.08 Å². The highest BCUT2D eigenvalue weighted by Crippen LogP contribution is 2.45. The van der Waals surface area contributed by atoms with Gasteiger partial charge in [-0.15, -0.1) is 10.2 Å². The minimum absolute atomic E-state index is 0.853. The minimum atomic E-state index is 0.853. The van der Waals surface area contributed by atoms with Gasteiger partial charge in [-0.2, -0.15) is 0 Å². The molecule has 0 spiro atoms. The molecule has 5 aromatic rings. The summed E-state index contributed by atoms with van der Waals surface area (Å²) in [6.07, 6.45) is 3.80. The SMILES string of the molecule is C=C/C=c1/cccc2c1=C(C)N(c1cccc3c(N4N=Nc5cccc6cccc4c56)cccc13)N=N2. The van der Waals surface area contributed by atoms with Crippen LogP contribution in [-0.2, 0) is 0 Å². The molecule has 2 heterocycles. The summed E-state index contributed by atoms with van der Waals surface area (Å²) in [6.45, 7) is 5.96. The number of allylic oxidation sites excluding steroid dienone is 1. The van der Waals surface area contributed by atoms with E-state index in [0.717, 1.165) is 66.1 Å². The van der Waals surface area contributed by atoms with Crippen molar-refractivity contribution in [3.05, 3.63) is 114 Å². The zero-order chi connectivity index (χ0) is 24.9. The predicted molar refractivity (Wildman–Crippen MR) is 151 cm³/mol. The number of benzene rings is 5. The molecule has 0 unspecified atom stereocenters. The van der Waals surface area contributed by atoms with Crippen LogP contribution < -0.4 is 20.5 Å². The Labute approximate surface area is 213 Å². The van der Waals surface area contributed by atoms with Crippen LogP contribution in [0, 0.1) is 0 Å². The molecule has 0 bridgehead atoms. The summed E-state index contributed by atoms with van der Waals surface area (Å²) in [5, 5.41) is 28.6. The molecule has 0 aliphatic carbocycles. The Bertz CT molecular complexity index is 1930. The van der Waals surface area contributed by atoms with Gasteiger partial charge in [0.15, 0.2) is 0 Å². The van der Waals surface area contributed by atoms with Gasteiger partial charge in [0.1, 0.15) is 0 Å². The molecule has 0 atom stereocenters. The molecule has 0 saturated carbocycles. The average Bonchev–Trinajstić information content (AvgIpc) is 2.94. The number of hydrogen-bond acceptors (Lipinski definition) is 6. The maximum absolute atomic E-state index is 4.62. The van der Waals surface area contributed by atoms with Crippen LogP contribution in [-0.4, -0.2) is 0 Å². The van der Waals surface area contributed by atoms with Gasteiger partial charge in [-0.1, -0.05) is 89.8 Å². The lowest BCUT2D eigenvalue weighted by atomic mass is 10.0. The number of hydrogen-bond donors (Lipinski definition) is 0. The van der Waals surface area contributed by atoms with E-state index < -0.39 is 0 Å². The fourth-order valence-corrected chi connectivity index (χ4v) is 5.32. The monoisotopic (exact) mass is 478 g/mol. The van der Waals surface area contributed by atoms with E-state index in [4.69, 9.17) is 0 Å². The second kappa shape index (κ2) is 8.24. The smallest absolute Gasteiger partial charge is 0.0974 e. The summed E-state index contributed by atoms with van der Waals surface area (Å²) in [6, 6.07) is 30.9. The molecule has 5 aromatic carbocycles. The number of anilines is 3. The quantitative estimate of drug-likeness (QED) is 0.266. The molecule has 7 rings (SSSR count). The Morgan fingerprint density at radius 2 is 1.24 bits per heavy atom. The maximum Gasteiger partial charge on any atom is 0.0974 e. The van der Waals surface area contributed by atoms with Crippen LogP contribution in [0.5, 0.6) is 0 Å². The Balaban J connectivity index is 1.43. The van der Waals surface area contributed by atoms with E-state index in [0.29, 0.717) is 0 Å². The van der Waals surface area contributed by atoms with Crippen LogP contribution in [0.25, 0.3) is 33.3 Å². The first-order valence-electron chi connectivity index (χ1n) is 12.1. The van der Waals surface area contributed by atoms with Crippen LogP contribution >= 0.6 is 0 Å². The third kappa shape index (κ3) is 3.19. The van der Waals surface area contributed by atoms with Crippen molar-refractivity contribution in [2.45, 2.75) is 6.92 Å². The molecule has 0 saturated heterocycles. The fraction of sp³-hybridized carbons (Fsp3) is 0.0323. The number of nitrogens with zero attached hydrogens (tertiary/aromatic N) is 6. The molecular formula is C31H22N6. The van der Waals surface area contributed by atoms with E-state index in [9.17, 15) is 0 Å². The van der Waals surface area contributed by atoms with Crippen molar-refractivity contribution < 1.29 is 0 Å². The first-order valence-corrected chi connectivity index (χ1v) is 12.1. The van der Waals surface area contributed by atoms with E-state index in [2.05, 4.69) is 101 Å². The van der Waals surface area contributed by atoms with Crippen molar-refractivity contribution in [3.8, 4) is 0 Å². The van der Waals surface area contributed by atoms with Crippen LogP contribution in [0.1, 0.15) is 6.92 Å². The summed E-state index contributed by atoms with van der Waals surface area (Å²) in [7, 11) is 0. The summed E-state index contributed by atoms with van der Waals surface area (Å²) in [5.74, 6) is 0. The lowest BCUT2D eigenvalue weighted by Gasteiger charge is -2.26. The zero-order valence-electron chi connectivity index (χ0n) is 20.2. The molecule has 176 valence electrons. The van der Waals surface area contributed by atoms with E-state index in [1.165, 1.54) is 0 Å². The third-order valence-electron chi connectivity index (χ3n) is 6.96. The van der Waals surface area contributed by atoms with E-state index in [1.807, 2.05) is 40.4 Å². The van der Waals surface area contributed by atoms with E-state index in [-0.39, 0.29) is 0 Å². The van der Waals surface area contributed by atoms with Gasteiger partial charge < -0.3 is 0 Å². The van der Waals surface area contributed by atoms with Crippen LogP contribution in [0.15, 0.2) is 124 Å². The summed E-state index contributed by atoms with van der Waals surface area (Å²) in [4.78, 5) is 0. The van der Waals surface area contributed by atoms with Gasteiger partial charge in [-0.25, -0.2) is 10.0 Å². The minimum Gasteiger partial charge on any atom is -0.218 e. The zero-order valence-corrected chi connectivity index (χ0v) is 20.2. The molecule has 0 radical (unpaired) electrons. The fourth-order valence-electron chi connectivity index (χ4n) is 5.32. The molecule has 2 aliphatic rings. The molecular weight excluding hydrogens is 456 g/mol. The number of fused-ring (bicyclic) bond motifs is 2. The lowest BCUT2D eigenvalue weighted by molar-refractivity contribution is 0.945. The highest BCUT2D eigenvalue weighted by atomic mass is 15.6. The second-order valence-corrected chi connectivity index (χ2v) is 9.03. The van der Waals surface area contributed by atoms with Crippen molar-refractivity contribution in [1.82, 2.24) is 0 Å². The van der Waals surface area contributed by atoms with E-state index >= 15 is 0 Å². The van der Waals surface area contributed by atoms with Crippen LogP contribution in [0.3, 0.4) is 0 Å². The maximum atomic E-state index is 4.62. The second-order valence-electron chi connectivity index (χ2n) is 9.03. The van der Waals surface area contributed by atoms with Crippen LogP contribution in [0.4, 0.5) is 28.4 Å². The molecule has 0 amide bonds. The van der Waals surface area contributed by atoms with Gasteiger partial charge in [-0.05, 0) is 47.9 Å². The van der Waals surface area contributed by atoms with Gasteiger partial charge in [-0.3, -0.25) is 0 Å². The molecule has 0 aromatic heterocycles. The van der Waals surface area contributed by atoms with Crippen molar-refractivity contribution in [3.63, 3.8) is 0 Å². The third-order valence-corrected chi connectivity index (χ3v) is 6.96.